The first-order valence-electron chi connectivity index (χ1n) is 6.79. The Morgan fingerprint density at radius 2 is 1.95 bits per heavy atom. The fraction of sp³-hybridized carbons (Fsp3) is 0.375. The maximum absolute atomic E-state index is 5.81. The van der Waals surface area contributed by atoms with Gasteiger partial charge in [0.1, 0.15) is 18.1 Å². The Morgan fingerprint density at radius 3 is 2.65 bits per heavy atom. The Hall–Kier alpha value is -1.94. The van der Waals surface area contributed by atoms with E-state index in [2.05, 4.69) is 12.2 Å². The molecule has 1 aromatic heterocycles. The summed E-state index contributed by atoms with van der Waals surface area (Å²) < 4.78 is 16.8. The highest BCUT2D eigenvalue weighted by Crippen LogP contribution is 2.27. The third-order valence-corrected chi connectivity index (χ3v) is 3.07. The molecular weight excluding hydrogens is 254 g/mol. The second-order valence-corrected chi connectivity index (χ2v) is 4.51. The van der Waals surface area contributed by atoms with Gasteiger partial charge >= 0.3 is 0 Å². The summed E-state index contributed by atoms with van der Waals surface area (Å²) in [6.45, 7) is 6.17. The molecule has 0 radical (unpaired) electrons. The van der Waals surface area contributed by atoms with Crippen LogP contribution in [0.25, 0.3) is 0 Å². The number of ether oxygens (including phenoxy) is 2. The van der Waals surface area contributed by atoms with Gasteiger partial charge in [-0.05, 0) is 31.7 Å². The summed E-state index contributed by atoms with van der Waals surface area (Å²) in [6, 6.07) is 9.66. The molecular formula is C16H21NO3. The minimum atomic E-state index is 0.474. The molecule has 0 aliphatic carbocycles. The number of hydrogen-bond donors (Lipinski definition) is 1. The molecule has 108 valence electrons. The van der Waals surface area contributed by atoms with Crippen LogP contribution in [0.4, 0.5) is 0 Å². The largest absolute Gasteiger partial charge is 0.493 e. The third-order valence-electron chi connectivity index (χ3n) is 3.07. The van der Waals surface area contributed by atoms with Gasteiger partial charge in [0.15, 0.2) is 11.5 Å². The highest BCUT2D eigenvalue weighted by atomic mass is 16.5. The van der Waals surface area contributed by atoms with Gasteiger partial charge < -0.3 is 19.2 Å². The summed E-state index contributed by atoms with van der Waals surface area (Å²) in [4.78, 5) is 0. The maximum atomic E-state index is 5.81. The Balaban J connectivity index is 2.01. The number of rotatable bonds is 7. The SMILES string of the molecule is CCNCc1cc(COc2ccccc2OC)c(C)o1. The molecule has 0 fully saturated rings. The van der Waals surface area contributed by atoms with Crippen molar-refractivity contribution in [1.82, 2.24) is 5.32 Å². The van der Waals surface area contributed by atoms with Crippen LogP contribution in [0, 0.1) is 6.92 Å². The van der Waals surface area contributed by atoms with E-state index in [0.717, 1.165) is 41.7 Å². The van der Waals surface area contributed by atoms with E-state index in [1.807, 2.05) is 37.3 Å². The fourth-order valence-corrected chi connectivity index (χ4v) is 1.96. The summed E-state index contributed by atoms with van der Waals surface area (Å²) in [5.41, 5.74) is 1.06. The van der Waals surface area contributed by atoms with Crippen LogP contribution >= 0.6 is 0 Å². The Morgan fingerprint density at radius 1 is 1.20 bits per heavy atom. The molecule has 1 aromatic carbocycles. The predicted molar refractivity (Wildman–Crippen MR) is 78.2 cm³/mol. The van der Waals surface area contributed by atoms with Crippen LogP contribution < -0.4 is 14.8 Å². The molecule has 0 bridgehead atoms. The van der Waals surface area contributed by atoms with Gasteiger partial charge in [0.2, 0.25) is 0 Å². The zero-order valence-electron chi connectivity index (χ0n) is 12.2. The maximum Gasteiger partial charge on any atom is 0.161 e. The van der Waals surface area contributed by atoms with Crippen molar-refractivity contribution in [2.24, 2.45) is 0 Å². The van der Waals surface area contributed by atoms with Gasteiger partial charge in [-0.2, -0.15) is 0 Å². The molecule has 0 atom stereocenters. The molecule has 0 saturated carbocycles. The second-order valence-electron chi connectivity index (χ2n) is 4.51. The van der Waals surface area contributed by atoms with Crippen molar-refractivity contribution >= 4 is 0 Å². The number of benzene rings is 1. The van der Waals surface area contributed by atoms with Crippen molar-refractivity contribution in [2.45, 2.75) is 27.0 Å². The van der Waals surface area contributed by atoms with Crippen molar-refractivity contribution in [3.05, 3.63) is 47.4 Å². The molecule has 1 heterocycles. The van der Waals surface area contributed by atoms with Crippen molar-refractivity contribution < 1.29 is 13.9 Å². The number of methoxy groups -OCH3 is 1. The Labute approximate surface area is 119 Å². The molecule has 0 amide bonds. The first-order valence-corrected chi connectivity index (χ1v) is 6.79. The quantitative estimate of drug-likeness (QED) is 0.842. The van der Waals surface area contributed by atoms with E-state index in [-0.39, 0.29) is 0 Å². The number of hydrogen-bond acceptors (Lipinski definition) is 4. The summed E-state index contributed by atoms with van der Waals surface area (Å²) in [6.07, 6.45) is 0. The lowest BCUT2D eigenvalue weighted by atomic mass is 10.2. The smallest absolute Gasteiger partial charge is 0.161 e. The number of aryl methyl sites for hydroxylation is 1. The van der Waals surface area contributed by atoms with Gasteiger partial charge in [-0.15, -0.1) is 0 Å². The van der Waals surface area contributed by atoms with Gasteiger partial charge in [0, 0.05) is 5.56 Å². The van der Waals surface area contributed by atoms with Gasteiger partial charge in [-0.25, -0.2) is 0 Å². The summed E-state index contributed by atoms with van der Waals surface area (Å²) in [5, 5.41) is 3.24. The van der Waals surface area contributed by atoms with E-state index in [0.29, 0.717) is 6.61 Å². The average Bonchev–Trinajstić information content (AvgIpc) is 2.83. The van der Waals surface area contributed by atoms with E-state index in [1.54, 1.807) is 7.11 Å². The summed E-state index contributed by atoms with van der Waals surface area (Å²) in [5.74, 6) is 3.31. The van der Waals surface area contributed by atoms with Crippen LogP contribution in [0.15, 0.2) is 34.7 Å². The van der Waals surface area contributed by atoms with Gasteiger partial charge in [-0.1, -0.05) is 19.1 Å². The number of nitrogens with one attached hydrogen (secondary N) is 1. The van der Waals surface area contributed by atoms with Crippen molar-refractivity contribution in [3.63, 3.8) is 0 Å². The van der Waals surface area contributed by atoms with Crippen LogP contribution in [0.2, 0.25) is 0 Å². The molecule has 0 spiro atoms. The molecule has 0 aliphatic rings. The molecule has 20 heavy (non-hydrogen) atoms. The van der Waals surface area contributed by atoms with E-state index in [4.69, 9.17) is 13.9 Å². The Kier molecular flexibility index (Phi) is 5.07. The number of para-hydroxylation sites is 2. The lowest BCUT2D eigenvalue weighted by Crippen LogP contribution is -2.10. The van der Waals surface area contributed by atoms with Crippen molar-refractivity contribution in [2.75, 3.05) is 13.7 Å². The first-order chi connectivity index (χ1) is 9.74. The van der Waals surface area contributed by atoms with Crippen molar-refractivity contribution in [3.8, 4) is 11.5 Å². The van der Waals surface area contributed by atoms with Gasteiger partial charge in [-0.3, -0.25) is 0 Å². The van der Waals surface area contributed by atoms with Crippen LogP contribution in [-0.2, 0) is 13.2 Å². The average molecular weight is 275 g/mol. The van der Waals surface area contributed by atoms with Gasteiger partial charge in [0.25, 0.3) is 0 Å². The molecule has 2 rings (SSSR count). The van der Waals surface area contributed by atoms with Crippen molar-refractivity contribution in [1.29, 1.82) is 0 Å². The van der Waals surface area contributed by atoms with Crippen LogP contribution in [0.1, 0.15) is 24.0 Å². The molecule has 4 nitrogen and oxygen atoms in total. The first kappa shape index (κ1) is 14.5. The monoisotopic (exact) mass is 275 g/mol. The van der Waals surface area contributed by atoms with Crippen LogP contribution in [0.3, 0.4) is 0 Å². The van der Waals surface area contributed by atoms with Gasteiger partial charge in [0.05, 0.1) is 13.7 Å². The standard InChI is InChI=1S/C16H21NO3/c1-4-17-10-14-9-13(12(2)20-14)11-19-16-8-6-5-7-15(16)18-3/h5-9,17H,4,10-11H2,1-3H3. The lowest BCUT2D eigenvalue weighted by molar-refractivity contribution is 0.282. The lowest BCUT2D eigenvalue weighted by Gasteiger charge is -2.09. The minimum Gasteiger partial charge on any atom is -0.493 e. The normalized spacial score (nSPS) is 10.6. The molecule has 1 N–H and O–H groups in total. The molecule has 0 aliphatic heterocycles. The molecule has 0 saturated heterocycles. The third kappa shape index (κ3) is 3.54. The molecule has 0 unspecified atom stereocenters. The van der Waals surface area contributed by atoms with Crippen LogP contribution in [-0.4, -0.2) is 13.7 Å². The van der Waals surface area contributed by atoms with E-state index < -0.39 is 0 Å². The van der Waals surface area contributed by atoms with Crippen LogP contribution in [0.5, 0.6) is 11.5 Å². The van der Waals surface area contributed by atoms with E-state index in [9.17, 15) is 0 Å². The predicted octanol–water partition coefficient (Wildman–Crippen LogP) is 3.29. The van der Waals surface area contributed by atoms with E-state index in [1.165, 1.54) is 0 Å². The molecule has 4 heteroatoms. The fourth-order valence-electron chi connectivity index (χ4n) is 1.96. The summed E-state index contributed by atoms with van der Waals surface area (Å²) in [7, 11) is 1.64. The Bertz CT molecular complexity index is 548. The highest BCUT2D eigenvalue weighted by Gasteiger charge is 2.09. The summed E-state index contributed by atoms with van der Waals surface area (Å²) >= 11 is 0. The number of furan rings is 1. The second kappa shape index (κ2) is 7.01. The zero-order valence-corrected chi connectivity index (χ0v) is 12.2. The topological polar surface area (TPSA) is 43.6 Å². The van der Waals surface area contributed by atoms with E-state index >= 15 is 0 Å². The molecule has 2 aromatic rings. The zero-order chi connectivity index (χ0) is 14.4. The highest BCUT2D eigenvalue weighted by molar-refractivity contribution is 5.39. The minimum absolute atomic E-state index is 0.474.